The summed E-state index contributed by atoms with van der Waals surface area (Å²) in [6.45, 7) is 0. The minimum Gasteiger partial charge on any atom is -0.478 e. The molecule has 0 unspecified atom stereocenters. The number of nitrogens with zero attached hydrogens (tertiary/aromatic N) is 1. The lowest BCUT2D eigenvalue weighted by Crippen LogP contribution is -1.95. The van der Waals surface area contributed by atoms with E-state index in [1.165, 1.54) is 24.3 Å². The molecule has 0 bridgehead atoms. The molecule has 22 heavy (non-hydrogen) atoms. The van der Waals surface area contributed by atoms with E-state index in [1.807, 2.05) is 0 Å². The van der Waals surface area contributed by atoms with Crippen LogP contribution in [-0.4, -0.2) is 21.0 Å². The van der Waals surface area contributed by atoms with Crippen molar-refractivity contribution in [1.82, 2.24) is 9.97 Å². The van der Waals surface area contributed by atoms with E-state index < -0.39 is 11.8 Å². The molecule has 0 atom stereocenters. The summed E-state index contributed by atoms with van der Waals surface area (Å²) in [5, 5.41) is 9.15. The van der Waals surface area contributed by atoms with Gasteiger partial charge in [-0.15, -0.1) is 0 Å². The average molecular weight is 317 g/mol. The molecule has 0 aliphatic rings. The van der Waals surface area contributed by atoms with Gasteiger partial charge in [-0.25, -0.2) is 14.2 Å². The van der Waals surface area contributed by atoms with E-state index in [4.69, 9.17) is 16.7 Å². The molecule has 0 spiro atoms. The third kappa shape index (κ3) is 2.58. The number of H-pyrrole nitrogens is 1. The Morgan fingerprint density at radius 1 is 1.18 bits per heavy atom. The maximum atomic E-state index is 13.9. The number of aromatic carboxylic acids is 1. The van der Waals surface area contributed by atoms with Crippen molar-refractivity contribution in [3.05, 3.63) is 65.1 Å². The molecule has 3 rings (SSSR count). The van der Waals surface area contributed by atoms with Crippen LogP contribution in [0.1, 0.15) is 10.4 Å². The van der Waals surface area contributed by atoms with Crippen molar-refractivity contribution in [3.8, 4) is 22.6 Å². The molecule has 2 aromatic carbocycles. The Kier molecular flexibility index (Phi) is 3.65. The maximum Gasteiger partial charge on any atom is 0.335 e. The van der Waals surface area contributed by atoms with Crippen molar-refractivity contribution >= 4 is 17.6 Å². The third-order valence-electron chi connectivity index (χ3n) is 3.22. The average Bonchev–Trinajstić information content (AvgIpc) is 2.97. The molecule has 0 amide bonds. The summed E-state index contributed by atoms with van der Waals surface area (Å²) in [5.41, 5.74) is 1.79. The van der Waals surface area contributed by atoms with Gasteiger partial charge in [0, 0.05) is 0 Å². The summed E-state index contributed by atoms with van der Waals surface area (Å²) >= 11 is 6.01. The second-order valence-corrected chi connectivity index (χ2v) is 5.03. The van der Waals surface area contributed by atoms with Crippen LogP contribution in [0.3, 0.4) is 0 Å². The number of imidazole rings is 1. The Morgan fingerprint density at radius 2 is 1.91 bits per heavy atom. The van der Waals surface area contributed by atoms with Crippen molar-refractivity contribution < 1.29 is 14.3 Å². The first-order valence-electron chi connectivity index (χ1n) is 6.39. The van der Waals surface area contributed by atoms with Crippen LogP contribution < -0.4 is 0 Å². The van der Waals surface area contributed by atoms with Crippen LogP contribution in [0.15, 0.2) is 48.7 Å². The van der Waals surface area contributed by atoms with Gasteiger partial charge in [-0.2, -0.15) is 0 Å². The fraction of sp³-hybridized carbons (Fsp3) is 0. The normalized spacial score (nSPS) is 10.6. The third-order valence-corrected chi connectivity index (χ3v) is 3.53. The molecule has 0 aliphatic carbocycles. The fourth-order valence-electron chi connectivity index (χ4n) is 2.11. The molecule has 110 valence electrons. The molecule has 0 aliphatic heterocycles. The molecule has 0 fully saturated rings. The summed E-state index contributed by atoms with van der Waals surface area (Å²) in [4.78, 5) is 18.0. The standard InChI is InChI=1S/C16H10ClFN2O2/c17-11-2-1-3-12(18)14(11)15-19-8-13(20-15)9-4-6-10(7-5-9)16(21)22/h1-8H,(H,19,20)(H,21,22). The zero-order valence-corrected chi connectivity index (χ0v) is 11.9. The quantitative estimate of drug-likeness (QED) is 0.759. The van der Waals surface area contributed by atoms with Gasteiger partial charge in [0.25, 0.3) is 0 Å². The van der Waals surface area contributed by atoms with E-state index in [1.54, 1.807) is 24.4 Å². The van der Waals surface area contributed by atoms with Gasteiger partial charge in [-0.05, 0) is 29.8 Å². The van der Waals surface area contributed by atoms with Crippen LogP contribution in [0.25, 0.3) is 22.6 Å². The highest BCUT2D eigenvalue weighted by Crippen LogP contribution is 2.30. The van der Waals surface area contributed by atoms with Gasteiger partial charge in [-0.3, -0.25) is 0 Å². The maximum absolute atomic E-state index is 13.9. The number of benzene rings is 2. The molecular weight excluding hydrogens is 307 g/mol. The molecule has 0 radical (unpaired) electrons. The molecule has 3 aromatic rings. The lowest BCUT2D eigenvalue weighted by Gasteiger charge is -2.02. The van der Waals surface area contributed by atoms with Gasteiger partial charge in [0.15, 0.2) is 0 Å². The molecule has 4 nitrogen and oxygen atoms in total. The molecule has 2 N–H and O–H groups in total. The predicted molar refractivity (Wildman–Crippen MR) is 81.4 cm³/mol. The summed E-state index contributed by atoms with van der Waals surface area (Å²) < 4.78 is 13.9. The number of aromatic amines is 1. The Balaban J connectivity index is 1.99. The van der Waals surface area contributed by atoms with Crippen molar-refractivity contribution in [2.45, 2.75) is 0 Å². The Labute approximate surface area is 130 Å². The number of halogens is 2. The van der Waals surface area contributed by atoms with Crippen LogP contribution in [0.2, 0.25) is 5.02 Å². The largest absolute Gasteiger partial charge is 0.478 e. The summed E-state index contributed by atoms with van der Waals surface area (Å²) in [6, 6.07) is 10.7. The number of carboxylic acid groups (broad SMARTS) is 1. The van der Waals surface area contributed by atoms with Crippen LogP contribution >= 0.6 is 11.6 Å². The number of carbonyl (C=O) groups is 1. The fourth-order valence-corrected chi connectivity index (χ4v) is 2.36. The first kappa shape index (κ1) is 14.3. The number of hydrogen-bond donors (Lipinski definition) is 2. The van der Waals surface area contributed by atoms with E-state index in [2.05, 4.69) is 9.97 Å². The lowest BCUT2D eigenvalue weighted by molar-refractivity contribution is 0.0697. The highest BCUT2D eigenvalue weighted by molar-refractivity contribution is 6.33. The van der Waals surface area contributed by atoms with Crippen molar-refractivity contribution in [3.63, 3.8) is 0 Å². The van der Waals surface area contributed by atoms with Gasteiger partial charge in [0.05, 0.1) is 28.0 Å². The van der Waals surface area contributed by atoms with Gasteiger partial charge in [0.1, 0.15) is 11.6 Å². The first-order valence-corrected chi connectivity index (χ1v) is 6.77. The number of nitrogens with one attached hydrogen (secondary N) is 1. The van der Waals surface area contributed by atoms with E-state index in [0.29, 0.717) is 11.5 Å². The molecule has 0 saturated carbocycles. The van der Waals surface area contributed by atoms with E-state index in [-0.39, 0.29) is 16.1 Å². The highest BCUT2D eigenvalue weighted by Gasteiger charge is 2.13. The highest BCUT2D eigenvalue weighted by atomic mass is 35.5. The van der Waals surface area contributed by atoms with Gasteiger partial charge in [0.2, 0.25) is 0 Å². The summed E-state index contributed by atoms with van der Waals surface area (Å²) in [6.07, 6.45) is 1.55. The van der Waals surface area contributed by atoms with Crippen LogP contribution in [0.5, 0.6) is 0 Å². The summed E-state index contributed by atoms with van der Waals surface area (Å²) in [5.74, 6) is -1.13. The summed E-state index contributed by atoms with van der Waals surface area (Å²) in [7, 11) is 0. The Morgan fingerprint density at radius 3 is 2.55 bits per heavy atom. The van der Waals surface area contributed by atoms with Crippen molar-refractivity contribution in [2.75, 3.05) is 0 Å². The zero-order valence-electron chi connectivity index (χ0n) is 11.2. The van der Waals surface area contributed by atoms with E-state index in [0.717, 1.165) is 5.56 Å². The molecular formula is C16H10ClFN2O2. The van der Waals surface area contributed by atoms with Crippen LogP contribution in [0.4, 0.5) is 4.39 Å². The van der Waals surface area contributed by atoms with E-state index >= 15 is 0 Å². The van der Waals surface area contributed by atoms with Gasteiger partial charge < -0.3 is 10.1 Å². The Bertz CT molecular complexity index is 823. The SMILES string of the molecule is O=C(O)c1ccc(-c2cnc(-c3c(F)cccc3Cl)[nH]2)cc1. The topological polar surface area (TPSA) is 66.0 Å². The first-order chi connectivity index (χ1) is 10.6. The molecule has 1 aromatic heterocycles. The second-order valence-electron chi connectivity index (χ2n) is 4.62. The number of hydrogen-bond acceptors (Lipinski definition) is 2. The van der Waals surface area contributed by atoms with Crippen LogP contribution in [-0.2, 0) is 0 Å². The van der Waals surface area contributed by atoms with Gasteiger partial charge >= 0.3 is 5.97 Å². The molecule has 6 heteroatoms. The molecule has 0 saturated heterocycles. The second kappa shape index (κ2) is 5.61. The Hall–Kier alpha value is -2.66. The number of aromatic nitrogens is 2. The smallest absolute Gasteiger partial charge is 0.335 e. The minimum absolute atomic E-state index is 0.195. The lowest BCUT2D eigenvalue weighted by atomic mass is 10.1. The van der Waals surface area contributed by atoms with E-state index in [9.17, 15) is 9.18 Å². The zero-order chi connectivity index (χ0) is 15.7. The van der Waals surface area contributed by atoms with Gasteiger partial charge in [-0.1, -0.05) is 29.8 Å². The monoisotopic (exact) mass is 316 g/mol. The molecule has 1 heterocycles. The van der Waals surface area contributed by atoms with Crippen LogP contribution in [0, 0.1) is 5.82 Å². The number of rotatable bonds is 3. The van der Waals surface area contributed by atoms with Crippen molar-refractivity contribution in [1.29, 1.82) is 0 Å². The van der Waals surface area contributed by atoms with Crippen molar-refractivity contribution in [2.24, 2.45) is 0 Å². The predicted octanol–water partition coefficient (Wildman–Crippen LogP) is 4.23. The minimum atomic E-state index is -0.991. The number of carboxylic acids is 1.